The van der Waals surface area contributed by atoms with Gasteiger partial charge in [0.2, 0.25) is 5.76 Å². The minimum absolute atomic E-state index is 0.0245. The zero-order chi connectivity index (χ0) is 18.7. The molecule has 0 aliphatic rings. The molecule has 1 aromatic heterocycles. The van der Waals surface area contributed by atoms with Gasteiger partial charge in [-0.15, -0.1) is 0 Å². The molecular weight excluding hydrogens is 358 g/mol. The van der Waals surface area contributed by atoms with E-state index in [2.05, 4.69) is 0 Å². The summed E-state index contributed by atoms with van der Waals surface area (Å²) in [7, 11) is 0. The molecule has 0 aliphatic heterocycles. The normalized spacial score (nSPS) is 10.7. The second kappa shape index (κ2) is 7.49. The van der Waals surface area contributed by atoms with Crippen LogP contribution in [0.1, 0.15) is 33.4 Å². The molecule has 7 heteroatoms. The first kappa shape index (κ1) is 17.8. The van der Waals surface area contributed by atoms with Crippen LogP contribution in [0, 0.1) is 0 Å². The number of hydrogen-bond donors (Lipinski definition) is 1. The van der Waals surface area contributed by atoms with Crippen LogP contribution in [-0.2, 0) is 16.1 Å². The Bertz CT molecular complexity index is 979. The highest BCUT2D eigenvalue weighted by molar-refractivity contribution is 6.33. The van der Waals surface area contributed by atoms with E-state index in [1.807, 2.05) is 0 Å². The van der Waals surface area contributed by atoms with Gasteiger partial charge in [0.1, 0.15) is 12.2 Å². The molecule has 2 N–H and O–H groups in total. The molecule has 0 fully saturated rings. The van der Waals surface area contributed by atoms with Gasteiger partial charge < -0.3 is 19.6 Å². The van der Waals surface area contributed by atoms with Crippen molar-refractivity contribution in [2.45, 2.75) is 13.5 Å². The van der Waals surface area contributed by atoms with E-state index in [1.165, 1.54) is 18.2 Å². The van der Waals surface area contributed by atoms with Crippen molar-refractivity contribution in [3.8, 4) is 0 Å². The number of carbonyl (C=O) groups excluding carboxylic acids is 2. The first-order valence-corrected chi connectivity index (χ1v) is 8.28. The van der Waals surface area contributed by atoms with E-state index in [4.69, 9.17) is 31.2 Å². The summed E-state index contributed by atoms with van der Waals surface area (Å²) in [5, 5.41) is 1.03. The Balaban J connectivity index is 1.87. The third-order valence-corrected chi connectivity index (χ3v) is 4.08. The molecule has 0 unspecified atom stereocenters. The van der Waals surface area contributed by atoms with Gasteiger partial charge in [-0.05, 0) is 31.2 Å². The number of furan rings is 1. The van der Waals surface area contributed by atoms with Gasteiger partial charge in [0.25, 0.3) is 0 Å². The average molecular weight is 374 g/mol. The number of carbonyl (C=O) groups is 2. The fraction of sp³-hybridized carbons (Fsp3) is 0.158. The first-order chi connectivity index (χ1) is 12.5. The number of para-hydroxylation sites is 1. The Labute approximate surface area is 154 Å². The maximum absolute atomic E-state index is 12.3. The number of nitrogens with two attached hydrogens (primary N) is 1. The summed E-state index contributed by atoms with van der Waals surface area (Å²) in [5.41, 5.74) is 7.21. The van der Waals surface area contributed by atoms with Gasteiger partial charge >= 0.3 is 11.9 Å². The molecule has 0 saturated heterocycles. The van der Waals surface area contributed by atoms with Crippen LogP contribution in [0.5, 0.6) is 0 Å². The van der Waals surface area contributed by atoms with Gasteiger partial charge in [0.05, 0.1) is 28.4 Å². The van der Waals surface area contributed by atoms with E-state index in [1.54, 1.807) is 31.2 Å². The lowest BCUT2D eigenvalue weighted by Gasteiger charge is -2.07. The number of hydrogen-bond acceptors (Lipinski definition) is 6. The van der Waals surface area contributed by atoms with E-state index in [-0.39, 0.29) is 30.2 Å². The molecule has 0 amide bonds. The van der Waals surface area contributed by atoms with Gasteiger partial charge in [0, 0.05) is 5.39 Å². The highest BCUT2D eigenvalue weighted by atomic mass is 35.5. The van der Waals surface area contributed by atoms with Crippen molar-refractivity contribution >= 4 is 40.2 Å². The van der Waals surface area contributed by atoms with Crippen LogP contribution in [-0.4, -0.2) is 18.5 Å². The standard InChI is InChI=1S/C19H16ClNO5/c1-2-24-19(23)17-13(12-5-3-4-6-16(12)26-17)10-25-18(22)11-7-8-14(20)15(21)9-11/h3-9H,2,10,21H2,1H3. The molecule has 134 valence electrons. The van der Waals surface area contributed by atoms with Crippen LogP contribution >= 0.6 is 11.6 Å². The predicted molar refractivity (Wildman–Crippen MR) is 97.2 cm³/mol. The highest BCUT2D eigenvalue weighted by Gasteiger charge is 2.23. The molecule has 0 spiro atoms. The van der Waals surface area contributed by atoms with Gasteiger partial charge in [-0.3, -0.25) is 0 Å². The molecule has 2 aromatic carbocycles. The Kier molecular flexibility index (Phi) is 5.14. The number of benzene rings is 2. The van der Waals surface area contributed by atoms with Crippen LogP contribution in [0.4, 0.5) is 5.69 Å². The summed E-state index contributed by atoms with van der Waals surface area (Å²) < 4.78 is 15.9. The van der Waals surface area contributed by atoms with Crippen molar-refractivity contribution < 1.29 is 23.5 Å². The van der Waals surface area contributed by atoms with Crippen molar-refractivity contribution in [1.29, 1.82) is 0 Å². The molecule has 0 aliphatic carbocycles. The van der Waals surface area contributed by atoms with Gasteiger partial charge in [0.15, 0.2) is 0 Å². The van der Waals surface area contributed by atoms with Crippen molar-refractivity contribution in [3.63, 3.8) is 0 Å². The van der Waals surface area contributed by atoms with E-state index in [0.29, 0.717) is 21.6 Å². The van der Waals surface area contributed by atoms with Crippen molar-refractivity contribution in [2.24, 2.45) is 0 Å². The zero-order valence-corrected chi connectivity index (χ0v) is 14.7. The van der Waals surface area contributed by atoms with E-state index in [0.717, 1.165) is 0 Å². The third-order valence-electron chi connectivity index (χ3n) is 3.74. The topological polar surface area (TPSA) is 91.8 Å². The first-order valence-electron chi connectivity index (χ1n) is 7.91. The lowest BCUT2D eigenvalue weighted by atomic mass is 10.1. The second-order valence-corrected chi connectivity index (χ2v) is 5.85. The lowest BCUT2D eigenvalue weighted by Crippen LogP contribution is -2.10. The fourth-order valence-electron chi connectivity index (χ4n) is 2.50. The molecule has 0 saturated carbocycles. The monoisotopic (exact) mass is 373 g/mol. The van der Waals surface area contributed by atoms with E-state index < -0.39 is 11.9 Å². The molecule has 26 heavy (non-hydrogen) atoms. The molecule has 3 rings (SSSR count). The van der Waals surface area contributed by atoms with Crippen LogP contribution in [0.25, 0.3) is 11.0 Å². The summed E-state index contributed by atoms with van der Waals surface area (Å²) in [5.74, 6) is -1.17. The number of anilines is 1. The molecular formula is C19H16ClNO5. The minimum atomic E-state index is -0.606. The quantitative estimate of drug-likeness (QED) is 0.532. The molecule has 0 bridgehead atoms. The third kappa shape index (κ3) is 3.50. The Morgan fingerprint density at radius 3 is 2.62 bits per heavy atom. The van der Waals surface area contributed by atoms with Gasteiger partial charge in [-0.2, -0.15) is 0 Å². The molecule has 0 atom stereocenters. The summed E-state index contributed by atoms with van der Waals surface area (Å²) in [6, 6.07) is 11.6. The second-order valence-electron chi connectivity index (χ2n) is 5.44. The smallest absolute Gasteiger partial charge is 0.374 e. The van der Waals surface area contributed by atoms with Crippen molar-refractivity contribution in [1.82, 2.24) is 0 Å². The molecule has 1 heterocycles. The SMILES string of the molecule is CCOC(=O)c1oc2ccccc2c1COC(=O)c1ccc(Cl)c(N)c1. The van der Waals surface area contributed by atoms with Crippen LogP contribution < -0.4 is 5.73 Å². The summed E-state index contributed by atoms with van der Waals surface area (Å²) >= 11 is 5.85. The van der Waals surface area contributed by atoms with E-state index >= 15 is 0 Å². The Morgan fingerprint density at radius 1 is 1.12 bits per heavy atom. The number of fused-ring (bicyclic) bond motifs is 1. The Morgan fingerprint density at radius 2 is 1.88 bits per heavy atom. The van der Waals surface area contributed by atoms with E-state index in [9.17, 15) is 9.59 Å². The summed E-state index contributed by atoms with van der Waals surface area (Å²) in [6.07, 6.45) is 0. The van der Waals surface area contributed by atoms with Crippen molar-refractivity contribution in [2.75, 3.05) is 12.3 Å². The average Bonchev–Trinajstić information content (AvgIpc) is 3.01. The van der Waals surface area contributed by atoms with Crippen LogP contribution in [0.15, 0.2) is 46.9 Å². The van der Waals surface area contributed by atoms with Gasteiger partial charge in [-0.1, -0.05) is 29.8 Å². The van der Waals surface area contributed by atoms with Crippen LogP contribution in [0.3, 0.4) is 0 Å². The number of halogens is 1. The zero-order valence-electron chi connectivity index (χ0n) is 14.0. The minimum Gasteiger partial charge on any atom is -0.460 e. The predicted octanol–water partition coefficient (Wildman–Crippen LogP) is 4.20. The largest absolute Gasteiger partial charge is 0.460 e. The maximum atomic E-state index is 12.3. The number of rotatable bonds is 5. The number of esters is 2. The fourth-order valence-corrected chi connectivity index (χ4v) is 2.61. The van der Waals surface area contributed by atoms with Crippen molar-refractivity contribution in [3.05, 3.63) is 64.4 Å². The summed E-state index contributed by atoms with van der Waals surface area (Å²) in [6.45, 7) is 1.76. The maximum Gasteiger partial charge on any atom is 0.374 e. The molecule has 3 aromatic rings. The van der Waals surface area contributed by atoms with Gasteiger partial charge in [-0.25, -0.2) is 9.59 Å². The Hall–Kier alpha value is -2.99. The lowest BCUT2D eigenvalue weighted by molar-refractivity contribution is 0.0435. The molecule has 0 radical (unpaired) electrons. The molecule has 6 nitrogen and oxygen atoms in total. The van der Waals surface area contributed by atoms with Crippen LogP contribution in [0.2, 0.25) is 5.02 Å². The number of ether oxygens (including phenoxy) is 2. The highest BCUT2D eigenvalue weighted by Crippen LogP contribution is 2.28. The number of nitrogen functional groups attached to an aromatic ring is 1. The summed E-state index contributed by atoms with van der Waals surface area (Å²) in [4.78, 5) is 24.4.